The van der Waals surface area contributed by atoms with E-state index in [-0.39, 0.29) is 23.7 Å². The molecule has 3 N–H and O–H groups in total. The maximum atomic E-state index is 11.5. The Kier molecular flexibility index (Phi) is 3.38. The Balaban J connectivity index is 2.18. The number of thioether (sulfide) groups is 1. The van der Waals surface area contributed by atoms with Crippen LogP contribution in [0.1, 0.15) is 0 Å². The van der Waals surface area contributed by atoms with Crippen LogP contribution in [0.3, 0.4) is 0 Å². The fraction of sp³-hybridized carbons (Fsp3) is 0.600. The van der Waals surface area contributed by atoms with E-state index >= 15 is 0 Å². The number of rotatable bonds is 3. The number of nitrogens with two attached hydrogens (primary N) is 1. The smallest absolute Gasteiger partial charge is 0.316 e. The Hall–Kier alpha value is -0.720. The summed E-state index contributed by atoms with van der Waals surface area (Å²) in [5.41, 5.74) is 4.61. The SMILES string of the molecule is NC1C(=O)N2CC(C=CCCl)(C(=O)O)CS[C@H]12. The Morgan fingerprint density at radius 1 is 1.76 bits per heavy atom. The summed E-state index contributed by atoms with van der Waals surface area (Å²) in [6, 6.07) is -0.483. The third-order valence-electron chi connectivity index (χ3n) is 3.10. The minimum atomic E-state index is -1.04. The van der Waals surface area contributed by atoms with Crippen LogP contribution in [0.5, 0.6) is 0 Å². The molecule has 1 amide bonds. The molecule has 17 heavy (non-hydrogen) atoms. The standard InChI is InChI=1S/C10H13ClN2O3S/c11-3-1-2-10(9(15)16)4-13-7(14)6(12)8(13)17-5-10/h1-2,6,8H,3-5,12H2,(H,15,16)/t6?,8-,10?/m1/s1. The van der Waals surface area contributed by atoms with Gasteiger partial charge in [0.2, 0.25) is 5.91 Å². The van der Waals surface area contributed by atoms with E-state index in [0.29, 0.717) is 5.75 Å². The van der Waals surface area contributed by atoms with Crippen LogP contribution in [-0.4, -0.2) is 51.5 Å². The molecule has 2 heterocycles. The average Bonchev–Trinajstić information content (AvgIpc) is 2.34. The second kappa shape index (κ2) is 4.51. The van der Waals surface area contributed by atoms with Crippen LogP contribution in [0.25, 0.3) is 0 Å². The van der Waals surface area contributed by atoms with Gasteiger partial charge in [0.05, 0.1) is 0 Å². The number of aliphatic carboxylic acids is 1. The summed E-state index contributed by atoms with van der Waals surface area (Å²) < 4.78 is 0. The van der Waals surface area contributed by atoms with Gasteiger partial charge in [-0.1, -0.05) is 12.2 Å². The van der Waals surface area contributed by atoms with E-state index < -0.39 is 17.4 Å². The summed E-state index contributed by atoms with van der Waals surface area (Å²) in [7, 11) is 0. The number of nitrogens with zero attached hydrogens (tertiary/aromatic N) is 1. The second-order valence-corrected chi connectivity index (χ2v) is 5.63. The molecule has 94 valence electrons. The molecule has 0 aromatic carbocycles. The summed E-state index contributed by atoms with van der Waals surface area (Å²) >= 11 is 6.95. The van der Waals surface area contributed by atoms with Crippen LogP contribution in [0, 0.1) is 5.41 Å². The van der Waals surface area contributed by atoms with Crippen LogP contribution < -0.4 is 5.73 Å². The number of allylic oxidation sites excluding steroid dienone is 1. The monoisotopic (exact) mass is 276 g/mol. The number of amides is 1. The molecular formula is C10H13ClN2O3S. The van der Waals surface area contributed by atoms with Crippen molar-refractivity contribution >= 4 is 35.2 Å². The second-order valence-electron chi connectivity index (χ2n) is 4.21. The van der Waals surface area contributed by atoms with Gasteiger partial charge in [-0.3, -0.25) is 9.59 Å². The number of fused-ring (bicyclic) bond motifs is 1. The number of hydrogen-bond donors (Lipinski definition) is 2. The highest BCUT2D eigenvalue weighted by Gasteiger charge is 2.54. The molecule has 0 aromatic heterocycles. The van der Waals surface area contributed by atoms with Gasteiger partial charge in [-0.15, -0.1) is 23.4 Å². The predicted molar refractivity (Wildman–Crippen MR) is 65.9 cm³/mol. The summed E-state index contributed by atoms with van der Waals surface area (Å²) in [5, 5.41) is 9.25. The third-order valence-corrected chi connectivity index (χ3v) is 4.85. The molecule has 2 saturated heterocycles. The molecule has 0 saturated carbocycles. The number of carboxylic acid groups (broad SMARTS) is 1. The number of β-lactam (4-membered cyclic amide) rings is 1. The topological polar surface area (TPSA) is 83.6 Å². The molecular weight excluding hydrogens is 264 g/mol. The van der Waals surface area contributed by atoms with Gasteiger partial charge in [0, 0.05) is 18.2 Å². The van der Waals surface area contributed by atoms with Gasteiger partial charge in [-0.25, -0.2) is 0 Å². The Labute approximate surface area is 108 Å². The van der Waals surface area contributed by atoms with Crippen LogP contribution in [0.4, 0.5) is 0 Å². The first-order chi connectivity index (χ1) is 8.02. The van der Waals surface area contributed by atoms with Crippen molar-refractivity contribution in [1.82, 2.24) is 4.90 Å². The van der Waals surface area contributed by atoms with Crippen LogP contribution >= 0.6 is 23.4 Å². The van der Waals surface area contributed by atoms with Crippen molar-refractivity contribution in [3.05, 3.63) is 12.2 Å². The molecule has 2 aliphatic heterocycles. The van der Waals surface area contributed by atoms with Crippen molar-refractivity contribution in [3.8, 4) is 0 Å². The van der Waals surface area contributed by atoms with Gasteiger partial charge in [-0.05, 0) is 0 Å². The average molecular weight is 277 g/mol. The zero-order valence-corrected chi connectivity index (χ0v) is 10.6. The van der Waals surface area contributed by atoms with Gasteiger partial charge < -0.3 is 15.7 Å². The van der Waals surface area contributed by atoms with Crippen LogP contribution in [0.15, 0.2) is 12.2 Å². The lowest BCUT2D eigenvalue weighted by molar-refractivity contribution is -0.153. The first-order valence-corrected chi connectivity index (χ1v) is 6.75. The molecule has 3 atom stereocenters. The predicted octanol–water partition coefficient (Wildman–Crippen LogP) is 0.0948. The maximum Gasteiger partial charge on any atom is 0.316 e. The minimum absolute atomic E-state index is 0.0700. The number of carbonyl (C=O) groups excluding carboxylic acids is 1. The zero-order valence-electron chi connectivity index (χ0n) is 9.01. The van der Waals surface area contributed by atoms with E-state index in [1.54, 1.807) is 12.2 Å². The minimum Gasteiger partial charge on any atom is -0.481 e. The van der Waals surface area contributed by atoms with Crippen molar-refractivity contribution in [2.75, 3.05) is 18.2 Å². The largest absolute Gasteiger partial charge is 0.481 e. The highest BCUT2D eigenvalue weighted by molar-refractivity contribution is 8.00. The number of halogens is 1. The Morgan fingerprint density at radius 3 is 3.06 bits per heavy atom. The van der Waals surface area contributed by atoms with E-state index in [4.69, 9.17) is 17.3 Å². The van der Waals surface area contributed by atoms with Gasteiger partial charge in [0.1, 0.15) is 16.8 Å². The van der Waals surface area contributed by atoms with Crippen molar-refractivity contribution in [2.24, 2.45) is 11.1 Å². The van der Waals surface area contributed by atoms with Crippen molar-refractivity contribution < 1.29 is 14.7 Å². The maximum absolute atomic E-state index is 11.5. The lowest BCUT2D eigenvalue weighted by Gasteiger charge is -2.52. The van der Waals surface area contributed by atoms with Crippen molar-refractivity contribution in [2.45, 2.75) is 11.4 Å². The lowest BCUT2D eigenvalue weighted by Crippen LogP contribution is -2.71. The van der Waals surface area contributed by atoms with E-state index in [0.717, 1.165) is 0 Å². The van der Waals surface area contributed by atoms with E-state index in [2.05, 4.69) is 0 Å². The Bertz CT molecular complexity index is 390. The molecule has 7 heteroatoms. The first-order valence-electron chi connectivity index (χ1n) is 5.16. The molecule has 2 unspecified atom stereocenters. The van der Waals surface area contributed by atoms with Crippen LogP contribution in [-0.2, 0) is 9.59 Å². The number of alkyl halides is 1. The van der Waals surface area contributed by atoms with Gasteiger partial charge in [0.25, 0.3) is 0 Å². The fourth-order valence-electron chi connectivity index (χ4n) is 2.07. The highest BCUT2D eigenvalue weighted by Crippen LogP contribution is 2.42. The molecule has 2 rings (SSSR count). The third kappa shape index (κ3) is 1.94. The van der Waals surface area contributed by atoms with Crippen molar-refractivity contribution in [3.63, 3.8) is 0 Å². The van der Waals surface area contributed by atoms with E-state index in [1.165, 1.54) is 16.7 Å². The van der Waals surface area contributed by atoms with Gasteiger partial charge >= 0.3 is 5.97 Å². The first kappa shape index (κ1) is 12.7. The quantitative estimate of drug-likeness (QED) is 0.434. The zero-order chi connectivity index (χ0) is 12.6. The molecule has 2 aliphatic rings. The van der Waals surface area contributed by atoms with E-state index in [1.807, 2.05) is 0 Å². The van der Waals surface area contributed by atoms with Crippen LogP contribution in [0.2, 0.25) is 0 Å². The molecule has 0 spiro atoms. The fourth-order valence-corrected chi connectivity index (χ4v) is 3.62. The van der Waals surface area contributed by atoms with Gasteiger partial charge in [0.15, 0.2) is 0 Å². The lowest BCUT2D eigenvalue weighted by atomic mass is 9.87. The number of carboxylic acids is 1. The van der Waals surface area contributed by atoms with Gasteiger partial charge in [-0.2, -0.15) is 0 Å². The number of hydrogen-bond acceptors (Lipinski definition) is 4. The summed E-state index contributed by atoms with van der Waals surface area (Å²) in [6.07, 6.45) is 3.20. The Morgan fingerprint density at radius 2 is 2.47 bits per heavy atom. The molecule has 0 aromatic rings. The normalized spacial score (nSPS) is 36.8. The summed E-state index contributed by atoms with van der Waals surface area (Å²) in [5.74, 6) is -0.431. The molecule has 2 fully saturated rings. The summed E-state index contributed by atoms with van der Waals surface area (Å²) in [4.78, 5) is 24.4. The molecule has 0 aliphatic carbocycles. The summed E-state index contributed by atoms with van der Waals surface area (Å²) in [6.45, 7) is 0.180. The highest BCUT2D eigenvalue weighted by atomic mass is 35.5. The molecule has 0 bridgehead atoms. The molecule has 5 nitrogen and oxygen atoms in total. The molecule has 0 radical (unpaired) electrons. The number of carbonyl (C=O) groups is 2. The van der Waals surface area contributed by atoms with Crippen molar-refractivity contribution in [1.29, 1.82) is 0 Å². The van der Waals surface area contributed by atoms with E-state index in [9.17, 15) is 14.7 Å².